The molecule has 0 saturated carbocycles. The van der Waals surface area contributed by atoms with E-state index < -0.39 is 0 Å². The van der Waals surface area contributed by atoms with Crippen molar-refractivity contribution in [2.24, 2.45) is 0 Å². The monoisotopic (exact) mass is 278 g/mol. The summed E-state index contributed by atoms with van der Waals surface area (Å²) >= 11 is 0. The standard InChI is InChI=1S/C15H14N6/c16-13-14(17)18-20-19-15(13)21(11-7-3-1-4-8-11)12-9-5-2-6-10-12/h1-10H,(H2,16,20)(H2,17,18,19). The number of benzene rings is 2. The summed E-state index contributed by atoms with van der Waals surface area (Å²) in [6.07, 6.45) is 0. The van der Waals surface area contributed by atoms with E-state index in [1.54, 1.807) is 0 Å². The fraction of sp³-hybridized carbons (Fsp3) is 0. The van der Waals surface area contributed by atoms with Crippen LogP contribution in [-0.4, -0.2) is 15.4 Å². The minimum Gasteiger partial charge on any atom is -0.393 e. The zero-order valence-corrected chi connectivity index (χ0v) is 11.2. The Morgan fingerprint density at radius 2 is 1.24 bits per heavy atom. The smallest absolute Gasteiger partial charge is 0.189 e. The van der Waals surface area contributed by atoms with Crippen LogP contribution in [0.4, 0.5) is 28.7 Å². The van der Waals surface area contributed by atoms with Gasteiger partial charge in [-0.05, 0) is 29.5 Å². The summed E-state index contributed by atoms with van der Waals surface area (Å²) in [4.78, 5) is 1.89. The molecule has 104 valence electrons. The van der Waals surface area contributed by atoms with Crippen LogP contribution >= 0.6 is 0 Å². The van der Waals surface area contributed by atoms with Crippen molar-refractivity contribution in [3.63, 3.8) is 0 Å². The van der Waals surface area contributed by atoms with Crippen LogP contribution in [0.15, 0.2) is 60.7 Å². The van der Waals surface area contributed by atoms with Crippen molar-refractivity contribution in [3.05, 3.63) is 60.7 Å². The van der Waals surface area contributed by atoms with Gasteiger partial charge in [0, 0.05) is 11.4 Å². The quantitative estimate of drug-likeness (QED) is 0.764. The van der Waals surface area contributed by atoms with Gasteiger partial charge >= 0.3 is 0 Å². The summed E-state index contributed by atoms with van der Waals surface area (Å²) < 4.78 is 0. The van der Waals surface area contributed by atoms with Gasteiger partial charge in [0.15, 0.2) is 11.6 Å². The normalized spacial score (nSPS) is 10.3. The van der Waals surface area contributed by atoms with Crippen LogP contribution < -0.4 is 16.4 Å². The van der Waals surface area contributed by atoms with Gasteiger partial charge in [0.2, 0.25) is 0 Å². The number of hydrogen-bond acceptors (Lipinski definition) is 6. The van der Waals surface area contributed by atoms with Gasteiger partial charge in [0.1, 0.15) is 5.69 Å². The van der Waals surface area contributed by atoms with Crippen LogP contribution in [-0.2, 0) is 0 Å². The van der Waals surface area contributed by atoms with Crippen LogP contribution in [0.2, 0.25) is 0 Å². The Morgan fingerprint density at radius 1 is 0.714 bits per heavy atom. The Kier molecular flexibility index (Phi) is 3.34. The van der Waals surface area contributed by atoms with E-state index in [9.17, 15) is 0 Å². The SMILES string of the molecule is Nc1nnnc(N(c2ccccc2)c2ccccc2)c1N. The number of anilines is 5. The van der Waals surface area contributed by atoms with Crippen LogP contribution in [0.3, 0.4) is 0 Å². The minimum atomic E-state index is 0.164. The van der Waals surface area contributed by atoms with Crippen LogP contribution in [0.25, 0.3) is 0 Å². The fourth-order valence-electron chi connectivity index (χ4n) is 2.05. The fourth-order valence-corrected chi connectivity index (χ4v) is 2.05. The highest BCUT2D eigenvalue weighted by Gasteiger charge is 2.18. The highest BCUT2D eigenvalue weighted by Crippen LogP contribution is 2.36. The molecule has 0 fully saturated rings. The number of hydrogen-bond donors (Lipinski definition) is 2. The third-order valence-corrected chi connectivity index (χ3v) is 3.05. The first-order valence-electron chi connectivity index (χ1n) is 6.42. The van der Waals surface area contributed by atoms with E-state index in [0.717, 1.165) is 11.4 Å². The predicted octanol–water partition coefficient (Wildman–Crippen LogP) is 2.51. The molecular formula is C15H14N6. The number of nitrogens with zero attached hydrogens (tertiary/aromatic N) is 4. The average Bonchev–Trinajstić information content (AvgIpc) is 2.54. The number of aromatic nitrogens is 3. The molecule has 6 nitrogen and oxygen atoms in total. The second-order valence-electron chi connectivity index (χ2n) is 4.42. The molecule has 0 bridgehead atoms. The third-order valence-electron chi connectivity index (χ3n) is 3.05. The van der Waals surface area contributed by atoms with E-state index in [1.165, 1.54) is 0 Å². The molecule has 1 aromatic heterocycles. The van der Waals surface area contributed by atoms with E-state index in [2.05, 4.69) is 15.4 Å². The van der Waals surface area contributed by atoms with Crippen LogP contribution in [0.1, 0.15) is 0 Å². The summed E-state index contributed by atoms with van der Waals surface area (Å²) in [7, 11) is 0. The molecule has 0 aliphatic carbocycles. The molecule has 0 saturated heterocycles. The first-order valence-corrected chi connectivity index (χ1v) is 6.42. The highest BCUT2D eigenvalue weighted by atomic mass is 15.4. The molecule has 0 amide bonds. The molecule has 21 heavy (non-hydrogen) atoms. The van der Waals surface area contributed by atoms with Crippen molar-refractivity contribution in [1.29, 1.82) is 0 Å². The maximum absolute atomic E-state index is 6.03. The van der Waals surface area contributed by atoms with E-state index >= 15 is 0 Å². The lowest BCUT2D eigenvalue weighted by Crippen LogP contribution is -2.16. The molecule has 0 spiro atoms. The van der Waals surface area contributed by atoms with Gasteiger partial charge in [-0.2, -0.15) is 0 Å². The lowest BCUT2D eigenvalue weighted by molar-refractivity contribution is 0.870. The number of nitrogens with two attached hydrogens (primary N) is 2. The van der Waals surface area contributed by atoms with Crippen molar-refractivity contribution in [2.45, 2.75) is 0 Å². The molecule has 0 radical (unpaired) electrons. The Morgan fingerprint density at radius 3 is 1.76 bits per heavy atom. The minimum absolute atomic E-state index is 0.164. The van der Waals surface area contributed by atoms with Crippen LogP contribution in [0.5, 0.6) is 0 Å². The topological polar surface area (TPSA) is 93.9 Å². The number of para-hydroxylation sites is 2. The largest absolute Gasteiger partial charge is 0.393 e. The molecule has 0 aliphatic heterocycles. The van der Waals surface area contributed by atoms with Gasteiger partial charge in [0.25, 0.3) is 0 Å². The molecule has 2 aromatic carbocycles. The summed E-state index contributed by atoms with van der Waals surface area (Å²) in [5, 5.41) is 11.4. The maximum atomic E-state index is 6.03. The first-order chi connectivity index (χ1) is 10.3. The van der Waals surface area contributed by atoms with Gasteiger partial charge in [-0.25, -0.2) is 0 Å². The summed E-state index contributed by atoms with van der Waals surface area (Å²) in [5.74, 6) is 0.622. The summed E-state index contributed by atoms with van der Waals surface area (Å²) in [5.41, 5.74) is 13.9. The molecule has 1 heterocycles. The van der Waals surface area contributed by atoms with Crippen molar-refractivity contribution < 1.29 is 0 Å². The Balaban J connectivity index is 2.20. The summed E-state index contributed by atoms with van der Waals surface area (Å²) in [6.45, 7) is 0. The molecule has 0 aliphatic rings. The van der Waals surface area contributed by atoms with Gasteiger partial charge < -0.3 is 11.5 Å². The van der Waals surface area contributed by atoms with E-state index in [-0.39, 0.29) is 5.82 Å². The van der Waals surface area contributed by atoms with Gasteiger partial charge in [0.05, 0.1) is 0 Å². The van der Waals surface area contributed by atoms with Crippen LogP contribution in [0, 0.1) is 0 Å². The van der Waals surface area contributed by atoms with Gasteiger partial charge in [-0.3, -0.25) is 4.90 Å². The molecule has 0 unspecified atom stereocenters. The van der Waals surface area contributed by atoms with E-state index in [4.69, 9.17) is 11.5 Å². The average molecular weight is 278 g/mol. The van der Waals surface area contributed by atoms with Gasteiger partial charge in [-0.1, -0.05) is 36.4 Å². The number of nitrogen functional groups attached to an aromatic ring is 2. The maximum Gasteiger partial charge on any atom is 0.189 e. The summed E-state index contributed by atoms with van der Waals surface area (Å²) in [6, 6.07) is 19.5. The van der Waals surface area contributed by atoms with Crippen molar-refractivity contribution in [3.8, 4) is 0 Å². The van der Waals surface area contributed by atoms with E-state index in [1.807, 2.05) is 65.6 Å². The molecule has 6 heteroatoms. The molecule has 0 atom stereocenters. The van der Waals surface area contributed by atoms with Crippen molar-refractivity contribution >= 4 is 28.7 Å². The second-order valence-corrected chi connectivity index (χ2v) is 4.42. The van der Waals surface area contributed by atoms with Crippen molar-refractivity contribution in [2.75, 3.05) is 16.4 Å². The zero-order valence-electron chi connectivity index (χ0n) is 11.2. The molecular weight excluding hydrogens is 264 g/mol. The lowest BCUT2D eigenvalue weighted by Gasteiger charge is -2.24. The lowest BCUT2D eigenvalue weighted by atomic mass is 10.2. The number of rotatable bonds is 3. The Hall–Kier alpha value is -3.15. The molecule has 4 N–H and O–H groups in total. The zero-order chi connectivity index (χ0) is 14.7. The molecule has 3 rings (SSSR count). The second kappa shape index (κ2) is 5.46. The Labute approximate surface area is 122 Å². The Bertz CT molecular complexity index is 690. The third kappa shape index (κ3) is 2.46. The molecule has 3 aromatic rings. The first kappa shape index (κ1) is 12.9. The highest BCUT2D eigenvalue weighted by molar-refractivity contribution is 5.84. The van der Waals surface area contributed by atoms with E-state index in [0.29, 0.717) is 11.5 Å². The van der Waals surface area contributed by atoms with Gasteiger partial charge in [-0.15, -0.1) is 10.2 Å². The predicted molar refractivity (Wildman–Crippen MR) is 83.3 cm³/mol. The van der Waals surface area contributed by atoms with Crippen molar-refractivity contribution in [1.82, 2.24) is 15.4 Å².